The van der Waals surface area contributed by atoms with Gasteiger partial charge in [0.2, 0.25) is 5.89 Å². The van der Waals surface area contributed by atoms with E-state index in [2.05, 4.69) is 15.3 Å². The molecule has 1 amide bonds. The highest BCUT2D eigenvalue weighted by molar-refractivity contribution is 5.98. The van der Waals surface area contributed by atoms with Gasteiger partial charge in [-0.1, -0.05) is 6.92 Å². The van der Waals surface area contributed by atoms with Crippen LogP contribution in [0.3, 0.4) is 0 Å². The second kappa shape index (κ2) is 9.22. The van der Waals surface area contributed by atoms with E-state index in [1.54, 1.807) is 6.07 Å². The van der Waals surface area contributed by atoms with E-state index < -0.39 is 36.0 Å². The number of alkyl halides is 3. The Bertz CT molecular complexity index is 1210. The average molecular weight is 478 g/mol. The molecule has 1 aliphatic rings. The molecule has 0 aliphatic heterocycles. The van der Waals surface area contributed by atoms with E-state index in [0.29, 0.717) is 30.2 Å². The van der Waals surface area contributed by atoms with Crippen molar-refractivity contribution in [2.75, 3.05) is 7.11 Å². The van der Waals surface area contributed by atoms with Crippen LogP contribution in [0.1, 0.15) is 60.6 Å². The van der Waals surface area contributed by atoms with Gasteiger partial charge in [0, 0.05) is 10.9 Å². The summed E-state index contributed by atoms with van der Waals surface area (Å²) in [6, 6.07) is 4.14. The number of nitrogens with zero attached hydrogens (tertiary/aromatic N) is 2. The molecule has 0 spiro atoms. The van der Waals surface area contributed by atoms with E-state index in [-0.39, 0.29) is 28.6 Å². The Balaban J connectivity index is 1.81. The number of halogens is 3. The number of carbonyl (C=O) groups is 1. The quantitative estimate of drug-likeness (QED) is 0.490. The third kappa shape index (κ3) is 4.45. The maximum absolute atomic E-state index is 13.2. The molecule has 182 valence electrons. The van der Waals surface area contributed by atoms with E-state index in [4.69, 9.17) is 14.9 Å². The smallest absolute Gasteiger partial charge is 0.433 e. The van der Waals surface area contributed by atoms with Gasteiger partial charge in [0.05, 0.1) is 25.3 Å². The van der Waals surface area contributed by atoms with Gasteiger partial charge in [0.1, 0.15) is 17.0 Å². The van der Waals surface area contributed by atoms with Crippen LogP contribution in [0.5, 0.6) is 5.75 Å². The summed E-state index contributed by atoms with van der Waals surface area (Å²) in [6.45, 7) is 1.82. The van der Waals surface area contributed by atoms with Crippen molar-refractivity contribution in [1.82, 2.24) is 15.3 Å². The van der Waals surface area contributed by atoms with Crippen molar-refractivity contribution in [2.24, 2.45) is 5.73 Å². The van der Waals surface area contributed by atoms with Crippen molar-refractivity contribution in [2.45, 2.75) is 57.0 Å². The molecule has 1 aromatic carbocycles. The summed E-state index contributed by atoms with van der Waals surface area (Å²) in [5.74, 6) is -0.207. The largest absolute Gasteiger partial charge is 0.494 e. The first-order valence-electron chi connectivity index (χ1n) is 10.9. The van der Waals surface area contributed by atoms with Crippen molar-refractivity contribution < 1.29 is 32.2 Å². The van der Waals surface area contributed by atoms with Crippen LogP contribution in [-0.4, -0.2) is 40.2 Å². The van der Waals surface area contributed by atoms with E-state index in [9.17, 15) is 23.1 Å². The highest BCUT2D eigenvalue weighted by Crippen LogP contribution is 2.37. The first kappa shape index (κ1) is 24.0. The zero-order valence-corrected chi connectivity index (χ0v) is 18.6. The number of aliphatic hydroxyl groups excluding tert-OH is 1. The molecule has 34 heavy (non-hydrogen) atoms. The minimum Gasteiger partial charge on any atom is -0.494 e. The van der Waals surface area contributed by atoms with Crippen LogP contribution in [0.4, 0.5) is 13.2 Å². The normalized spacial score (nSPS) is 19.4. The topological polar surface area (TPSA) is 124 Å². The summed E-state index contributed by atoms with van der Waals surface area (Å²) >= 11 is 0. The maximum Gasteiger partial charge on any atom is 0.433 e. The molecular formula is C23H25F3N4O4. The fourth-order valence-corrected chi connectivity index (χ4v) is 4.09. The molecule has 1 aliphatic carbocycles. The van der Waals surface area contributed by atoms with Crippen LogP contribution < -0.4 is 15.8 Å². The second-order valence-electron chi connectivity index (χ2n) is 8.23. The van der Waals surface area contributed by atoms with Gasteiger partial charge in [-0.05, 0) is 49.9 Å². The van der Waals surface area contributed by atoms with Gasteiger partial charge < -0.3 is 25.3 Å². The highest BCUT2D eigenvalue weighted by Gasteiger charge is 2.34. The Hall–Kier alpha value is -3.18. The Labute approximate surface area is 193 Å². The van der Waals surface area contributed by atoms with Gasteiger partial charge in [-0.2, -0.15) is 13.2 Å². The standard InChI is InChI=1S/C23H25F3N4O4/c1-3-13(27)20-19(21(32)28-14-5-4-6-15(14)31)30-22(34-20)12-7-9-16(33-2)18-11(12)8-10-17(29-18)23(24,25)26/h7-10,13-15,31H,3-6,27H2,1-2H3,(H,28,32)/t13-,14-,15-/m0/s1. The number of hydrogen-bond donors (Lipinski definition) is 3. The number of methoxy groups -OCH3 is 1. The summed E-state index contributed by atoms with van der Waals surface area (Å²) in [5.41, 5.74) is 5.40. The molecule has 2 aromatic heterocycles. The molecule has 0 radical (unpaired) electrons. The number of benzene rings is 1. The van der Waals surface area contributed by atoms with Gasteiger partial charge in [-0.3, -0.25) is 4.79 Å². The van der Waals surface area contributed by atoms with Crippen LogP contribution in [0, 0.1) is 0 Å². The molecule has 3 aromatic rings. The third-order valence-electron chi connectivity index (χ3n) is 6.00. The number of carbonyl (C=O) groups excluding carboxylic acids is 1. The molecule has 0 saturated heterocycles. The highest BCUT2D eigenvalue weighted by atomic mass is 19.4. The Morgan fingerprint density at radius 2 is 2.06 bits per heavy atom. The number of amides is 1. The monoisotopic (exact) mass is 478 g/mol. The zero-order valence-electron chi connectivity index (χ0n) is 18.6. The molecule has 1 saturated carbocycles. The first-order valence-corrected chi connectivity index (χ1v) is 10.9. The van der Waals surface area contributed by atoms with Gasteiger partial charge in [-0.15, -0.1) is 0 Å². The van der Waals surface area contributed by atoms with E-state index in [1.165, 1.54) is 19.2 Å². The van der Waals surface area contributed by atoms with Crippen molar-refractivity contribution in [1.29, 1.82) is 0 Å². The van der Waals surface area contributed by atoms with Crippen molar-refractivity contribution in [3.63, 3.8) is 0 Å². The fraction of sp³-hybridized carbons (Fsp3) is 0.435. The predicted molar refractivity (Wildman–Crippen MR) is 117 cm³/mol. The molecule has 11 heteroatoms. The molecule has 8 nitrogen and oxygen atoms in total. The minimum atomic E-state index is -4.63. The molecular weight excluding hydrogens is 453 g/mol. The van der Waals surface area contributed by atoms with Crippen LogP contribution in [0.15, 0.2) is 28.7 Å². The number of fused-ring (bicyclic) bond motifs is 1. The van der Waals surface area contributed by atoms with Crippen molar-refractivity contribution >= 4 is 16.8 Å². The maximum atomic E-state index is 13.2. The van der Waals surface area contributed by atoms with Gasteiger partial charge >= 0.3 is 6.18 Å². The summed E-state index contributed by atoms with van der Waals surface area (Å²) < 4.78 is 50.8. The SMILES string of the molecule is CC[C@H](N)c1oc(-c2ccc(OC)c3nc(C(F)(F)F)ccc23)nc1C(=O)N[C@H]1CCC[C@@H]1O. The number of nitrogens with one attached hydrogen (secondary N) is 1. The molecule has 2 heterocycles. The molecule has 0 bridgehead atoms. The average Bonchev–Trinajstić information content (AvgIpc) is 3.43. The Morgan fingerprint density at radius 3 is 2.68 bits per heavy atom. The minimum absolute atomic E-state index is 0.0187. The van der Waals surface area contributed by atoms with Crippen molar-refractivity contribution in [3.8, 4) is 17.2 Å². The summed E-state index contributed by atoms with van der Waals surface area (Å²) in [7, 11) is 1.33. The molecule has 4 rings (SSSR count). The summed E-state index contributed by atoms with van der Waals surface area (Å²) in [6.07, 6.45) is -2.78. The number of nitrogens with two attached hydrogens (primary N) is 1. The lowest BCUT2D eigenvalue weighted by Crippen LogP contribution is -2.40. The molecule has 3 atom stereocenters. The lowest BCUT2D eigenvalue weighted by molar-refractivity contribution is -0.140. The van der Waals surface area contributed by atoms with Gasteiger partial charge in [0.25, 0.3) is 5.91 Å². The molecule has 0 unspecified atom stereocenters. The summed E-state index contributed by atoms with van der Waals surface area (Å²) in [4.78, 5) is 21.1. The fourth-order valence-electron chi connectivity index (χ4n) is 4.09. The number of aliphatic hydroxyl groups is 1. The Morgan fingerprint density at radius 1 is 1.29 bits per heavy atom. The number of aromatic nitrogens is 2. The van der Waals surface area contributed by atoms with Crippen LogP contribution in [0.2, 0.25) is 0 Å². The Kier molecular flexibility index (Phi) is 6.50. The van der Waals surface area contributed by atoms with E-state index in [1.807, 2.05) is 6.92 Å². The number of ether oxygens (including phenoxy) is 1. The predicted octanol–water partition coefficient (Wildman–Crippen LogP) is 3.97. The van der Waals surface area contributed by atoms with E-state index in [0.717, 1.165) is 12.5 Å². The number of hydrogen-bond acceptors (Lipinski definition) is 7. The summed E-state index contributed by atoms with van der Waals surface area (Å²) in [5, 5.41) is 13.2. The zero-order chi connectivity index (χ0) is 24.6. The first-order chi connectivity index (χ1) is 16.1. The number of rotatable bonds is 6. The third-order valence-corrected chi connectivity index (χ3v) is 6.00. The van der Waals surface area contributed by atoms with Crippen LogP contribution in [0.25, 0.3) is 22.4 Å². The number of oxazole rings is 1. The second-order valence-corrected chi connectivity index (χ2v) is 8.23. The van der Waals surface area contributed by atoms with Gasteiger partial charge in [-0.25, -0.2) is 9.97 Å². The van der Waals surface area contributed by atoms with Crippen LogP contribution >= 0.6 is 0 Å². The lowest BCUT2D eigenvalue weighted by atomic mass is 10.1. The molecule has 4 N–H and O–H groups in total. The lowest BCUT2D eigenvalue weighted by Gasteiger charge is -2.16. The number of pyridine rings is 1. The van der Waals surface area contributed by atoms with Crippen molar-refractivity contribution in [3.05, 3.63) is 41.4 Å². The molecule has 1 fully saturated rings. The van der Waals surface area contributed by atoms with Gasteiger partial charge in [0.15, 0.2) is 11.5 Å². The van der Waals surface area contributed by atoms with E-state index >= 15 is 0 Å². The van der Waals surface area contributed by atoms with Crippen LogP contribution in [-0.2, 0) is 6.18 Å².